The molecule has 1 aromatic heterocycles. The molecule has 1 aliphatic heterocycles. The van der Waals surface area contributed by atoms with Gasteiger partial charge in [0.25, 0.3) is 0 Å². The Balaban J connectivity index is 1.86. The van der Waals surface area contributed by atoms with E-state index in [2.05, 4.69) is 4.98 Å². The molecule has 7 heteroatoms. The molecule has 136 valence electrons. The number of rotatable bonds is 5. The number of methoxy groups -OCH3 is 1. The number of aliphatic hydroxyl groups is 2. The van der Waals surface area contributed by atoms with Crippen LogP contribution in [0.25, 0.3) is 10.9 Å². The molecular weight excluding hydrogens is 327 g/mol. The highest BCUT2D eigenvalue weighted by atomic mass is 19.1. The third kappa shape index (κ3) is 3.74. The number of aliphatic hydroxyl groups excluding tert-OH is 2. The first-order chi connectivity index (χ1) is 12.0. The maximum absolute atomic E-state index is 14.4. The van der Waals surface area contributed by atoms with Crippen LogP contribution in [0.4, 0.5) is 4.39 Å². The fraction of sp³-hybridized carbons (Fsp3) is 0.500. The highest BCUT2D eigenvalue weighted by molar-refractivity contribution is 5.84. The lowest BCUT2D eigenvalue weighted by Gasteiger charge is -2.34. The number of aromatic nitrogens is 1. The van der Waals surface area contributed by atoms with E-state index in [1.807, 2.05) is 0 Å². The molecule has 0 amide bonds. The van der Waals surface area contributed by atoms with Gasteiger partial charge in [-0.25, -0.2) is 4.39 Å². The van der Waals surface area contributed by atoms with E-state index in [1.165, 1.54) is 7.11 Å². The number of fused-ring (bicyclic) bond motifs is 1. The van der Waals surface area contributed by atoms with Gasteiger partial charge in [0, 0.05) is 23.4 Å². The SMILES string of the molecule is COc1ccc2ncc(F)c(C(O)C[C@@H]3CC[C@@H](N)[C@@H](CO)O3)c2c1. The molecule has 6 nitrogen and oxygen atoms in total. The molecule has 1 fully saturated rings. The first-order valence-electron chi connectivity index (χ1n) is 8.35. The van der Waals surface area contributed by atoms with Crippen LogP contribution >= 0.6 is 0 Å². The summed E-state index contributed by atoms with van der Waals surface area (Å²) in [4.78, 5) is 4.06. The zero-order valence-electron chi connectivity index (χ0n) is 14.1. The second-order valence-corrected chi connectivity index (χ2v) is 6.37. The van der Waals surface area contributed by atoms with Gasteiger partial charge in [-0.3, -0.25) is 4.98 Å². The van der Waals surface area contributed by atoms with E-state index >= 15 is 0 Å². The van der Waals surface area contributed by atoms with Crippen molar-refractivity contribution < 1.29 is 24.1 Å². The highest BCUT2D eigenvalue weighted by Crippen LogP contribution is 2.33. The van der Waals surface area contributed by atoms with Gasteiger partial charge in [0.1, 0.15) is 11.6 Å². The first-order valence-corrected chi connectivity index (χ1v) is 8.35. The maximum atomic E-state index is 14.4. The van der Waals surface area contributed by atoms with E-state index in [1.54, 1.807) is 18.2 Å². The van der Waals surface area contributed by atoms with Gasteiger partial charge in [-0.2, -0.15) is 0 Å². The zero-order valence-corrected chi connectivity index (χ0v) is 14.1. The van der Waals surface area contributed by atoms with Gasteiger partial charge in [0.15, 0.2) is 0 Å². The average molecular weight is 350 g/mol. The molecule has 2 aromatic rings. The Kier molecular flexibility index (Phi) is 5.48. The molecule has 2 heterocycles. The van der Waals surface area contributed by atoms with Gasteiger partial charge >= 0.3 is 0 Å². The van der Waals surface area contributed by atoms with E-state index < -0.39 is 18.0 Å². The Hall–Kier alpha value is -1.80. The molecule has 1 unspecified atom stereocenters. The second kappa shape index (κ2) is 7.61. The van der Waals surface area contributed by atoms with Crippen LogP contribution in [-0.2, 0) is 4.74 Å². The van der Waals surface area contributed by atoms with Crippen molar-refractivity contribution in [2.24, 2.45) is 5.73 Å². The summed E-state index contributed by atoms with van der Waals surface area (Å²) < 4.78 is 25.3. The topological polar surface area (TPSA) is 97.8 Å². The molecule has 1 aliphatic rings. The summed E-state index contributed by atoms with van der Waals surface area (Å²) in [6, 6.07) is 4.90. The summed E-state index contributed by atoms with van der Waals surface area (Å²) in [5.41, 5.74) is 6.66. The summed E-state index contributed by atoms with van der Waals surface area (Å²) >= 11 is 0. The molecule has 1 aromatic carbocycles. The number of hydrogen-bond acceptors (Lipinski definition) is 6. The maximum Gasteiger partial charge on any atom is 0.147 e. The van der Waals surface area contributed by atoms with Gasteiger partial charge in [-0.1, -0.05) is 0 Å². The predicted octanol–water partition coefficient (Wildman–Crippen LogP) is 1.67. The van der Waals surface area contributed by atoms with Crippen LogP contribution in [0.1, 0.15) is 30.9 Å². The number of ether oxygens (including phenoxy) is 2. The summed E-state index contributed by atoms with van der Waals surface area (Å²) in [6.07, 6.45) is 0.873. The molecular formula is C18H23FN2O4. The fourth-order valence-electron chi connectivity index (χ4n) is 3.33. The Morgan fingerprint density at radius 1 is 1.44 bits per heavy atom. The van der Waals surface area contributed by atoms with Gasteiger partial charge in [0.05, 0.1) is 43.7 Å². The number of halogens is 1. The van der Waals surface area contributed by atoms with Crippen LogP contribution in [0.3, 0.4) is 0 Å². The summed E-state index contributed by atoms with van der Waals surface area (Å²) in [7, 11) is 1.53. The van der Waals surface area contributed by atoms with Crippen molar-refractivity contribution in [2.75, 3.05) is 13.7 Å². The Bertz CT molecular complexity index is 742. The van der Waals surface area contributed by atoms with Gasteiger partial charge < -0.3 is 25.4 Å². The lowest BCUT2D eigenvalue weighted by Crippen LogP contribution is -2.46. The van der Waals surface area contributed by atoms with E-state index in [-0.39, 0.29) is 30.7 Å². The van der Waals surface area contributed by atoms with E-state index in [0.29, 0.717) is 29.5 Å². The Morgan fingerprint density at radius 3 is 2.96 bits per heavy atom. The zero-order chi connectivity index (χ0) is 18.0. The van der Waals surface area contributed by atoms with Crippen molar-refractivity contribution in [3.8, 4) is 5.75 Å². The minimum Gasteiger partial charge on any atom is -0.497 e. The molecule has 4 N–H and O–H groups in total. The molecule has 3 rings (SSSR count). The van der Waals surface area contributed by atoms with Crippen LogP contribution < -0.4 is 10.5 Å². The molecule has 4 atom stereocenters. The van der Waals surface area contributed by atoms with Crippen molar-refractivity contribution in [1.82, 2.24) is 4.98 Å². The van der Waals surface area contributed by atoms with Crippen molar-refractivity contribution >= 4 is 10.9 Å². The third-order valence-electron chi connectivity index (χ3n) is 4.73. The molecule has 0 saturated carbocycles. The molecule has 0 bridgehead atoms. The smallest absolute Gasteiger partial charge is 0.147 e. The molecule has 0 aliphatic carbocycles. The molecule has 1 saturated heterocycles. The van der Waals surface area contributed by atoms with Gasteiger partial charge in [-0.15, -0.1) is 0 Å². The predicted molar refractivity (Wildman–Crippen MR) is 90.8 cm³/mol. The van der Waals surface area contributed by atoms with Crippen LogP contribution in [-0.4, -0.2) is 47.2 Å². The minimum atomic E-state index is -1.06. The quantitative estimate of drug-likeness (QED) is 0.759. The molecule has 25 heavy (non-hydrogen) atoms. The highest BCUT2D eigenvalue weighted by Gasteiger charge is 2.31. The standard InChI is InChI=1S/C18H23FN2O4/c1-24-10-3-5-15-12(6-10)18(13(19)8-21-15)16(23)7-11-2-4-14(20)17(9-22)25-11/h3,5-6,8,11,14,16-17,22-23H,2,4,7,9,20H2,1H3/t11-,14+,16?,17+/m0/s1. The van der Waals surface area contributed by atoms with Crippen LogP contribution in [0.2, 0.25) is 0 Å². The van der Waals surface area contributed by atoms with E-state index in [0.717, 1.165) is 6.20 Å². The number of hydrogen-bond donors (Lipinski definition) is 3. The van der Waals surface area contributed by atoms with Crippen molar-refractivity contribution in [3.05, 3.63) is 35.8 Å². The van der Waals surface area contributed by atoms with Crippen LogP contribution in [0.5, 0.6) is 5.75 Å². The van der Waals surface area contributed by atoms with Gasteiger partial charge in [-0.05, 0) is 31.0 Å². The summed E-state index contributed by atoms with van der Waals surface area (Å²) in [6.45, 7) is -0.169. The summed E-state index contributed by atoms with van der Waals surface area (Å²) in [5, 5.41) is 20.5. The number of benzene rings is 1. The first kappa shape index (κ1) is 18.0. The Morgan fingerprint density at radius 2 is 2.24 bits per heavy atom. The van der Waals surface area contributed by atoms with E-state index in [4.69, 9.17) is 15.2 Å². The van der Waals surface area contributed by atoms with Crippen LogP contribution in [0, 0.1) is 5.82 Å². The lowest BCUT2D eigenvalue weighted by molar-refractivity contribution is -0.0964. The summed E-state index contributed by atoms with van der Waals surface area (Å²) in [5.74, 6) is -0.00643. The number of pyridine rings is 1. The van der Waals surface area contributed by atoms with Crippen LogP contribution in [0.15, 0.2) is 24.4 Å². The average Bonchev–Trinajstić information content (AvgIpc) is 2.62. The number of nitrogens with zero attached hydrogens (tertiary/aromatic N) is 1. The normalized spacial score (nSPS) is 25.1. The lowest BCUT2D eigenvalue weighted by atomic mass is 9.93. The third-order valence-corrected chi connectivity index (χ3v) is 4.73. The van der Waals surface area contributed by atoms with Gasteiger partial charge in [0.2, 0.25) is 0 Å². The Labute approximate surface area is 145 Å². The monoisotopic (exact) mass is 350 g/mol. The van der Waals surface area contributed by atoms with E-state index in [9.17, 15) is 14.6 Å². The van der Waals surface area contributed by atoms with Crippen molar-refractivity contribution in [2.45, 2.75) is 43.6 Å². The fourth-order valence-corrected chi connectivity index (χ4v) is 3.33. The second-order valence-electron chi connectivity index (χ2n) is 6.37. The van der Waals surface area contributed by atoms with Crippen molar-refractivity contribution in [1.29, 1.82) is 0 Å². The van der Waals surface area contributed by atoms with Crippen molar-refractivity contribution in [3.63, 3.8) is 0 Å². The minimum absolute atomic E-state index is 0.169. The largest absolute Gasteiger partial charge is 0.497 e. The molecule has 0 spiro atoms. The number of nitrogens with two attached hydrogens (primary N) is 1. The molecule has 0 radical (unpaired) electrons.